The van der Waals surface area contributed by atoms with E-state index in [1.165, 1.54) is 228 Å². The molecule has 0 aliphatic heterocycles. The summed E-state index contributed by atoms with van der Waals surface area (Å²) in [5.74, 6) is 0. The van der Waals surface area contributed by atoms with Crippen LogP contribution in [0.4, 0.5) is 0 Å². The minimum Gasteiger partial charge on any atom is -1.00 e. The van der Waals surface area contributed by atoms with Gasteiger partial charge >= 0.3 is 41.9 Å². The number of fused-ring (bicyclic) bond motifs is 10. The third-order valence-electron chi connectivity index (χ3n) is 19.2. The minimum absolute atomic E-state index is 0. The summed E-state index contributed by atoms with van der Waals surface area (Å²) in [6, 6.07) is 100. The number of halogens is 2. The molecule has 0 saturated carbocycles. The van der Waals surface area contributed by atoms with E-state index in [-0.39, 0.29) is 30.2 Å². The first-order valence-corrected chi connectivity index (χ1v) is 40.1. The van der Waals surface area contributed by atoms with Crippen LogP contribution in [-0.4, -0.2) is 5.43 Å². The summed E-state index contributed by atoms with van der Waals surface area (Å²) in [5, 5.41) is 26.3. The molecule has 464 valence electrons. The van der Waals surface area contributed by atoms with Gasteiger partial charge in [0, 0.05) is 0 Å². The molecule has 0 aromatic heterocycles. The molecular weight excluding hydrogens is 1270 g/mol. The van der Waals surface area contributed by atoms with Gasteiger partial charge in [0.25, 0.3) is 0 Å². The summed E-state index contributed by atoms with van der Waals surface area (Å²) >= 11 is 1.74. The first-order valence-electron chi connectivity index (χ1n) is 33.9. The molecule has 16 aromatic rings. The third kappa shape index (κ3) is 13.4. The molecule has 94 heavy (non-hydrogen) atoms. The van der Waals surface area contributed by atoms with Gasteiger partial charge in [-0.1, -0.05) is 319 Å². The minimum atomic E-state index is 0. The van der Waals surface area contributed by atoms with Gasteiger partial charge in [-0.25, -0.2) is 0 Å². The van der Waals surface area contributed by atoms with E-state index in [4.69, 9.17) is 0 Å². The molecule has 0 unspecified atom stereocenters. The Labute approximate surface area is 583 Å². The molecule has 0 N–H and O–H groups in total. The fourth-order valence-corrected chi connectivity index (χ4v) is 15.0. The van der Waals surface area contributed by atoms with Gasteiger partial charge in [-0.2, -0.15) is 12.1 Å². The fraction of sp³-hybridized carbons (Fsp3) is 0.178. The van der Waals surface area contributed by atoms with Gasteiger partial charge < -0.3 is 24.8 Å². The van der Waals surface area contributed by atoms with Crippen molar-refractivity contribution in [1.82, 2.24) is 0 Å². The zero-order valence-electron chi connectivity index (χ0n) is 54.6. The van der Waals surface area contributed by atoms with Crippen molar-refractivity contribution < 1.29 is 48.1 Å². The molecule has 0 nitrogen and oxygen atoms in total. The number of unbranched alkanes of at least 4 members (excludes halogenated alkanes) is 8. The molecule has 4 heteroatoms. The topological polar surface area (TPSA) is 0 Å². The maximum Gasteiger partial charge on any atom is -1.00 e. The van der Waals surface area contributed by atoms with E-state index in [1.54, 1.807) is 23.3 Å². The fourth-order valence-electron chi connectivity index (χ4n) is 15.0. The van der Waals surface area contributed by atoms with E-state index >= 15 is 0 Å². The van der Waals surface area contributed by atoms with Crippen molar-refractivity contribution in [3.05, 3.63) is 278 Å². The number of hydrogen-bond donors (Lipinski definition) is 0. The monoisotopic (exact) mass is 1350 g/mol. The molecule has 0 bridgehead atoms. The number of benzene rings is 14. The molecule has 0 saturated heterocycles. The van der Waals surface area contributed by atoms with Crippen LogP contribution in [-0.2, 0) is 36.2 Å². The summed E-state index contributed by atoms with van der Waals surface area (Å²) in [4.78, 5) is 0. The SMILES string of the molecule is CCCCCCCc1cc2c(-c3c4ccccc4cc4ccccc34)ccc(-c3c4ccccc4cc4ccccc34)c2[cH-]1.CCCCCCCc1cc2c(-c3c4ccccc4cc4ccccc34)ccc(-c3c4ccccc4cc4ccccc34)c2[cH-]1.C[Si](C)=[Zr+2].[Cl-].[Cl-]. The van der Waals surface area contributed by atoms with Gasteiger partial charge in [0.1, 0.15) is 0 Å². The van der Waals surface area contributed by atoms with Gasteiger partial charge in [-0.05, 0) is 146 Å². The van der Waals surface area contributed by atoms with E-state index in [0.29, 0.717) is 0 Å². The van der Waals surface area contributed by atoms with Crippen molar-refractivity contribution in [2.75, 3.05) is 0 Å². The second-order valence-electron chi connectivity index (χ2n) is 25.8. The van der Waals surface area contributed by atoms with Gasteiger partial charge in [0.15, 0.2) is 0 Å². The summed E-state index contributed by atoms with van der Waals surface area (Å²) in [6.07, 6.45) is 15.2. The Morgan fingerprint density at radius 1 is 0.266 bits per heavy atom. The summed E-state index contributed by atoms with van der Waals surface area (Å²) in [5.41, 5.74) is 13.8. The van der Waals surface area contributed by atoms with Gasteiger partial charge in [-0.15, -0.1) is 44.8 Å². The molecular formula is C90H80Cl2SiZr-2. The molecule has 0 heterocycles. The van der Waals surface area contributed by atoms with Crippen LogP contribution in [0.15, 0.2) is 267 Å². The Kier molecular flexibility index (Phi) is 21.2. The Morgan fingerprint density at radius 2 is 0.479 bits per heavy atom. The number of rotatable bonds is 16. The van der Waals surface area contributed by atoms with E-state index in [9.17, 15) is 0 Å². The van der Waals surface area contributed by atoms with Crippen molar-refractivity contribution in [3.63, 3.8) is 0 Å². The second kappa shape index (κ2) is 30.2. The summed E-state index contributed by atoms with van der Waals surface area (Å²) < 4.78 is 0. The Balaban J connectivity index is 0.000000167. The molecule has 0 amide bonds. The van der Waals surface area contributed by atoms with Crippen LogP contribution >= 0.6 is 0 Å². The standard InChI is InChI=1S/2C44H37.C2H6Si.2ClH.Zr/c2*1-2-3-4-5-6-15-30-26-41-39(43-35-20-11-7-16-31(35)28-32-17-8-12-21-36(32)43)24-25-40(42(41)27-30)44-37-22-13-9-18-33(37)29-34-19-10-14-23-38(34)44;1-3-2;;;/h2*7-14,16-29H,2-6,15H2,1H3;1-2H3;2*1H;/q2*-1;;;;+2/p-2. The normalized spacial score (nSPS) is 11.4. The van der Waals surface area contributed by atoms with Gasteiger partial charge in [-0.3, -0.25) is 0 Å². The quantitative estimate of drug-likeness (QED) is 0.0391. The summed E-state index contributed by atoms with van der Waals surface area (Å²) in [7, 11) is 0. The molecule has 16 aromatic carbocycles. The van der Waals surface area contributed by atoms with Crippen LogP contribution in [0, 0.1) is 0 Å². The van der Waals surface area contributed by atoms with Crippen molar-refractivity contribution >= 4 is 113 Å². The molecule has 16 rings (SSSR count). The van der Waals surface area contributed by atoms with Crippen molar-refractivity contribution in [2.45, 2.75) is 104 Å². The zero-order valence-corrected chi connectivity index (χ0v) is 59.6. The molecule has 0 spiro atoms. The molecule has 0 atom stereocenters. The molecule has 0 fully saturated rings. The van der Waals surface area contributed by atoms with Crippen LogP contribution in [0.25, 0.3) is 152 Å². The van der Waals surface area contributed by atoms with Gasteiger partial charge in [0.2, 0.25) is 0 Å². The van der Waals surface area contributed by atoms with E-state index in [1.807, 2.05) is 0 Å². The van der Waals surface area contributed by atoms with E-state index < -0.39 is 0 Å². The molecule has 0 radical (unpaired) electrons. The first-order chi connectivity index (χ1) is 45.3. The van der Waals surface area contributed by atoms with E-state index in [2.05, 4.69) is 294 Å². The van der Waals surface area contributed by atoms with Crippen LogP contribution in [0.5, 0.6) is 0 Å². The summed E-state index contributed by atoms with van der Waals surface area (Å²) in [6.45, 7) is 9.20. The average Bonchev–Trinajstić information content (AvgIpc) is 1.30. The first kappa shape index (κ1) is 66.1. The van der Waals surface area contributed by atoms with Crippen molar-refractivity contribution in [2.24, 2.45) is 0 Å². The predicted molar refractivity (Wildman–Crippen MR) is 403 cm³/mol. The Hall–Kier alpha value is -7.94. The van der Waals surface area contributed by atoms with Crippen LogP contribution < -0.4 is 24.8 Å². The van der Waals surface area contributed by atoms with Crippen LogP contribution in [0.1, 0.15) is 89.2 Å². The zero-order chi connectivity index (χ0) is 62.5. The van der Waals surface area contributed by atoms with Gasteiger partial charge in [0.05, 0.1) is 0 Å². The smallest absolute Gasteiger partial charge is 1.00 e. The number of aryl methyl sites for hydroxylation is 2. The second-order valence-corrected chi connectivity index (χ2v) is 35.2. The van der Waals surface area contributed by atoms with E-state index in [0.717, 1.165) is 12.8 Å². The van der Waals surface area contributed by atoms with Crippen molar-refractivity contribution in [1.29, 1.82) is 0 Å². The maximum absolute atomic E-state index is 2.51. The Bertz CT molecular complexity index is 4530. The number of hydrogen-bond acceptors (Lipinski definition) is 0. The molecule has 0 aliphatic rings. The Morgan fingerprint density at radius 3 is 0.723 bits per heavy atom. The van der Waals surface area contributed by atoms with Crippen LogP contribution in [0.3, 0.4) is 0 Å². The average molecular weight is 1350 g/mol. The van der Waals surface area contributed by atoms with Crippen molar-refractivity contribution in [3.8, 4) is 44.5 Å². The molecule has 0 aliphatic carbocycles. The maximum atomic E-state index is 2.51. The predicted octanol–water partition coefficient (Wildman–Crippen LogP) is 20.8. The third-order valence-corrected chi connectivity index (χ3v) is 19.2. The largest absolute Gasteiger partial charge is 1.00 e. The van der Waals surface area contributed by atoms with Crippen LogP contribution in [0.2, 0.25) is 13.1 Å².